The van der Waals surface area contributed by atoms with Gasteiger partial charge in [0.1, 0.15) is 16.9 Å². The average molecular weight is 341 g/mol. The molecule has 132 valence electrons. The minimum Gasteiger partial charge on any atom is -0.455 e. The lowest BCUT2D eigenvalue weighted by Gasteiger charge is -2.70. The standard InChI is InChI=1S/C20H23NO4/c1-16-3-2-4-18-12-11(23)9-5-20-14(18)21(8-16)19(13(16)18,15(24)25-20)7-17(12,20)6-10(9)22/h9,11-14,23H,2-8H2,1H3/t9-,11?,12-,13-,14+,16+,17-,18-,19+,20+/m1/s1. The Kier molecular flexibility index (Phi) is 1.60. The van der Waals surface area contributed by atoms with Crippen LogP contribution in [0.15, 0.2) is 0 Å². The van der Waals surface area contributed by atoms with Crippen molar-refractivity contribution in [1.29, 1.82) is 0 Å². The Morgan fingerprint density at radius 3 is 2.96 bits per heavy atom. The molecule has 0 amide bonds. The van der Waals surface area contributed by atoms with Crippen molar-refractivity contribution in [3.05, 3.63) is 0 Å². The number of morpholine rings is 1. The van der Waals surface area contributed by atoms with E-state index < -0.39 is 17.2 Å². The van der Waals surface area contributed by atoms with Crippen molar-refractivity contribution in [3.8, 4) is 0 Å². The Hall–Kier alpha value is -0.940. The molecule has 5 nitrogen and oxygen atoms in total. The fraction of sp³-hybridized carbons (Fsp3) is 0.900. The number of ether oxygens (including phenoxy) is 1. The van der Waals surface area contributed by atoms with Crippen molar-refractivity contribution in [3.63, 3.8) is 0 Å². The molecule has 11 rings (SSSR count). The SMILES string of the molecule is C[C@@]12CCC[C@@]34[C@@H]1[C@@]15C[C@@]67CC(=O)[C@@H](C[C@]6(OC1=O)[C@H]3N5C2)C(O)[C@@H]47. The first kappa shape index (κ1) is 13.3. The van der Waals surface area contributed by atoms with Crippen LogP contribution in [-0.4, -0.2) is 51.6 Å². The number of hydrogen-bond donors (Lipinski definition) is 1. The number of fused-ring (bicyclic) bond motifs is 2. The predicted molar refractivity (Wildman–Crippen MR) is 84.2 cm³/mol. The maximum Gasteiger partial charge on any atom is 0.327 e. The third kappa shape index (κ3) is 0.814. The van der Waals surface area contributed by atoms with Gasteiger partial charge in [-0.1, -0.05) is 13.3 Å². The lowest BCUT2D eigenvalue weighted by Crippen LogP contribution is -2.81. The molecule has 6 aliphatic carbocycles. The highest BCUT2D eigenvalue weighted by Gasteiger charge is 3.01. The summed E-state index contributed by atoms with van der Waals surface area (Å²) in [5.41, 5.74) is -1.07. The summed E-state index contributed by atoms with van der Waals surface area (Å²) in [5.74, 6) is 0.422. The van der Waals surface area contributed by atoms with E-state index in [9.17, 15) is 14.7 Å². The molecule has 9 bridgehead atoms. The molecule has 11 atom stereocenters. The van der Waals surface area contributed by atoms with Crippen molar-refractivity contribution in [2.45, 2.75) is 68.7 Å². The summed E-state index contributed by atoms with van der Waals surface area (Å²) >= 11 is 0. The summed E-state index contributed by atoms with van der Waals surface area (Å²) in [6.45, 7) is 3.39. The molecule has 5 aliphatic heterocycles. The van der Waals surface area contributed by atoms with Crippen LogP contribution in [0.5, 0.6) is 0 Å². The number of piperidine rings is 2. The molecule has 0 radical (unpaired) electrons. The van der Waals surface area contributed by atoms with Crippen LogP contribution < -0.4 is 0 Å². The molecule has 11 aliphatic rings. The van der Waals surface area contributed by atoms with E-state index in [1.165, 1.54) is 12.8 Å². The zero-order valence-corrected chi connectivity index (χ0v) is 14.5. The first-order valence-electron chi connectivity index (χ1n) is 10.1. The van der Waals surface area contributed by atoms with Crippen molar-refractivity contribution < 1.29 is 19.4 Å². The lowest BCUT2D eigenvalue weighted by molar-refractivity contribution is -0.297. The van der Waals surface area contributed by atoms with Crippen LogP contribution in [0.3, 0.4) is 0 Å². The molecule has 0 aromatic carbocycles. The molecule has 0 aromatic rings. The van der Waals surface area contributed by atoms with Gasteiger partial charge < -0.3 is 9.84 Å². The summed E-state index contributed by atoms with van der Waals surface area (Å²) in [7, 11) is 0. The number of aliphatic hydroxyl groups is 1. The monoisotopic (exact) mass is 341 g/mol. The number of ketones is 1. The van der Waals surface area contributed by atoms with Gasteiger partial charge in [-0.3, -0.25) is 14.5 Å². The van der Waals surface area contributed by atoms with E-state index in [0.29, 0.717) is 18.8 Å². The molecule has 5 heteroatoms. The molecule has 5 saturated heterocycles. The minimum absolute atomic E-state index is 0.00449. The van der Waals surface area contributed by atoms with Gasteiger partial charge in [0.2, 0.25) is 0 Å². The number of nitrogens with zero attached hydrogens (tertiary/aromatic N) is 1. The fourth-order valence-corrected chi connectivity index (χ4v) is 11.2. The summed E-state index contributed by atoms with van der Waals surface area (Å²) < 4.78 is 6.38. The quantitative estimate of drug-likeness (QED) is 0.663. The fourth-order valence-electron chi connectivity index (χ4n) is 11.2. The molecule has 4 spiro atoms. The van der Waals surface area contributed by atoms with Crippen LogP contribution in [0.25, 0.3) is 0 Å². The van der Waals surface area contributed by atoms with E-state index in [1.54, 1.807) is 0 Å². The number of aliphatic hydroxyl groups excluding tert-OH is 1. The smallest absolute Gasteiger partial charge is 0.327 e. The Morgan fingerprint density at radius 1 is 1.28 bits per heavy atom. The van der Waals surface area contributed by atoms with E-state index >= 15 is 0 Å². The Labute approximate surface area is 146 Å². The highest BCUT2D eigenvalue weighted by Crippen LogP contribution is 2.92. The highest BCUT2D eigenvalue weighted by molar-refractivity contribution is 5.93. The number of carbonyl (C=O) groups is 2. The van der Waals surface area contributed by atoms with Gasteiger partial charge in [0.25, 0.3) is 0 Å². The Morgan fingerprint density at radius 2 is 2.12 bits per heavy atom. The van der Waals surface area contributed by atoms with Gasteiger partial charge in [-0.05, 0) is 24.7 Å². The maximum absolute atomic E-state index is 13.4. The van der Waals surface area contributed by atoms with Crippen LogP contribution in [0, 0.1) is 34.0 Å². The summed E-state index contributed by atoms with van der Waals surface area (Å²) in [6.07, 6.45) is 4.87. The molecule has 11 fully saturated rings. The maximum atomic E-state index is 13.4. The molecular formula is C20H23NO4. The first-order valence-corrected chi connectivity index (χ1v) is 10.1. The second-order valence-electron chi connectivity index (χ2n) is 11.0. The van der Waals surface area contributed by atoms with Crippen LogP contribution in [-0.2, 0) is 14.3 Å². The van der Waals surface area contributed by atoms with Crippen LogP contribution in [0.1, 0.15) is 45.4 Å². The molecule has 25 heavy (non-hydrogen) atoms. The molecule has 2 unspecified atom stereocenters. The van der Waals surface area contributed by atoms with E-state index in [1.807, 2.05) is 0 Å². The Balaban J connectivity index is 1.54. The summed E-state index contributed by atoms with van der Waals surface area (Å²) in [4.78, 5) is 28.7. The molecule has 6 saturated carbocycles. The highest BCUT2D eigenvalue weighted by atomic mass is 16.6. The van der Waals surface area contributed by atoms with Gasteiger partial charge in [0, 0.05) is 48.0 Å². The second kappa shape index (κ2) is 3.01. The zero-order valence-electron chi connectivity index (χ0n) is 14.5. The van der Waals surface area contributed by atoms with Crippen molar-refractivity contribution in [1.82, 2.24) is 4.90 Å². The minimum atomic E-state index is -0.517. The number of carbonyl (C=O) groups excluding carboxylic acids is 2. The van der Waals surface area contributed by atoms with E-state index in [0.717, 1.165) is 19.4 Å². The second-order valence-corrected chi connectivity index (χ2v) is 11.0. The predicted octanol–water partition coefficient (Wildman–Crippen LogP) is 0.885. The molecular weight excluding hydrogens is 318 g/mol. The molecule has 1 N–H and O–H groups in total. The van der Waals surface area contributed by atoms with E-state index in [4.69, 9.17) is 4.74 Å². The van der Waals surface area contributed by atoms with Gasteiger partial charge >= 0.3 is 5.97 Å². The van der Waals surface area contributed by atoms with Gasteiger partial charge in [-0.25, -0.2) is 0 Å². The number of rotatable bonds is 0. The van der Waals surface area contributed by atoms with E-state index in [2.05, 4.69) is 11.8 Å². The molecule has 5 heterocycles. The van der Waals surface area contributed by atoms with Gasteiger partial charge in [-0.15, -0.1) is 0 Å². The first-order chi connectivity index (χ1) is 11.9. The average Bonchev–Trinajstić information content (AvgIpc) is 2.91. The zero-order chi connectivity index (χ0) is 16.8. The van der Waals surface area contributed by atoms with E-state index in [-0.39, 0.29) is 45.9 Å². The Bertz CT molecular complexity index is 834. The third-order valence-electron chi connectivity index (χ3n) is 10.8. The van der Waals surface area contributed by atoms with Gasteiger partial charge in [0.05, 0.1) is 12.1 Å². The van der Waals surface area contributed by atoms with Crippen molar-refractivity contribution in [2.75, 3.05) is 6.54 Å². The van der Waals surface area contributed by atoms with Crippen molar-refractivity contribution in [2.24, 2.45) is 34.0 Å². The summed E-state index contributed by atoms with van der Waals surface area (Å²) in [5, 5.41) is 11.3. The third-order valence-corrected chi connectivity index (χ3v) is 10.8. The number of esters is 1. The van der Waals surface area contributed by atoms with Crippen LogP contribution in [0.2, 0.25) is 0 Å². The number of Topliss-reactive ketones (excluding diaryl/α,β-unsaturated/α-hetero) is 1. The van der Waals surface area contributed by atoms with Crippen LogP contribution in [0.4, 0.5) is 0 Å². The normalized spacial score (nSPS) is 75.0. The van der Waals surface area contributed by atoms with Gasteiger partial charge in [-0.2, -0.15) is 0 Å². The van der Waals surface area contributed by atoms with Crippen LogP contribution >= 0.6 is 0 Å². The largest absolute Gasteiger partial charge is 0.455 e. The molecule has 0 aromatic heterocycles. The van der Waals surface area contributed by atoms with Crippen molar-refractivity contribution >= 4 is 11.8 Å². The number of hydrogen-bond acceptors (Lipinski definition) is 5. The summed E-state index contributed by atoms with van der Waals surface area (Å²) in [6, 6.07) is 0.266. The topological polar surface area (TPSA) is 66.8 Å². The lowest BCUT2D eigenvalue weighted by atomic mass is 9.37. The van der Waals surface area contributed by atoms with Gasteiger partial charge in [0.15, 0.2) is 0 Å².